The zero-order chi connectivity index (χ0) is 10.8. The molecule has 2 rings (SSSR count). The fourth-order valence-electron chi connectivity index (χ4n) is 1.68. The van der Waals surface area contributed by atoms with Crippen LogP contribution in [0.15, 0.2) is 36.1 Å². The van der Waals surface area contributed by atoms with Crippen LogP contribution in [-0.4, -0.2) is 10.9 Å². The van der Waals surface area contributed by atoms with E-state index in [4.69, 9.17) is 4.74 Å². The number of allylic oxidation sites excluding steroid dienone is 2. The summed E-state index contributed by atoms with van der Waals surface area (Å²) in [7, 11) is 0. The van der Waals surface area contributed by atoms with Crippen molar-refractivity contribution < 1.29 is 14.6 Å². The molecule has 3 heteroatoms. The lowest BCUT2D eigenvalue weighted by Gasteiger charge is -2.22. The average molecular weight is 204 g/mol. The summed E-state index contributed by atoms with van der Waals surface area (Å²) in [5.41, 5.74) is 0.829. The first kappa shape index (κ1) is 9.77. The molecule has 0 saturated carbocycles. The molecule has 1 aliphatic heterocycles. The lowest BCUT2D eigenvalue weighted by molar-refractivity contribution is -0.118. The van der Waals surface area contributed by atoms with Crippen LogP contribution in [0.3, 0.4) is 0 Å². The van der Waals surface area contributed by atoms with E-state index in [9.17, 15) is 9.90 Å². The lowest BCUT2D eigenvalue weighted by atomic mass is 10.0. The van der Waals surface area contributed by atoms with E-state index >= 15 is 0 Å². The summed E-state index contributed by atoms with van der Waals surface area (Å²) in [5, 5.41) is 9.32. The van der Waals surface area contributed by atoms with Crippen LogP contribution in [-0.2, 0) is 9.53 Å². The van der Waals surface area contributed by atoms with Crippen LogP contribution in [0, 0.1) is 0 Å². The molecule has 0 aliphatic carbocycles. The fraction of sp³-hybridized carbons (Fsp3) is 0.250. The van der Waals surface area contributed by atoms with Crippen molar-refractivity contribution in [3.63, 3.8) is 0 Å². The number of hydrogen-bond acceptors (Lipinski definition) is 3. The van der Waals surface area contributed by atoms with Crippen molar-refractivity contribution in [1.82, 2.24) is 0 Å². The third-order valence-corrected chi connectivity index (χ3v) is 2.32. The number of phenolic OH excluding ortho intramolecular Hbond substituents is 1. The van der Waals surface area contributed by atoms with E-state index in [0.29, 0.717) is 12.2 Å². The number of rotatable bonds is 1. The average Bonchev–Trinajstić information content (AvgIpc) is 2.16. The molecule has 1 aromatic carbocycles. The Labute approximate surface area is 88.0 Å². The molecule has 0 aromatic heterocycles. The first-order valence-corrected chi connectivity index (χ1v) is 4.82. The molecule has 78 valence electrons. The number of carbonyl (C=O) groups is 1. The van der Waals surface area contributed by atoms with Gasteiger partial charge in [-0.1, -0.05) is 12.1 Å². The van der Waals surface area contributed by atoms with Gasteiger partial charge in [0.05, 0.1) is 12.2 Å². The highest BCUT2D eigenvalue weighted by molar-refractivity contribution is 5.91. The van der Waals surface area contributed by atoms with Crippen molar-refractivity contribution >= 4 is 5.78 Å². The van der Waals surface area contributed by atoms with Gasteiger partial charge in [-0.05, 0) is 24.6 Å². The minimum absolute atomic E-state index is 0.0621. The summed E-state index contributed by atoms with van der Waals surface area (Å²) in [6, 6.07) is 6.80. The largest absolute Gasteiger partial charge is 0.508 e. The third-order valence-electron chi connectivity index (χ3n) is 2.32. The maximum atomic E-state index is 11.3. The van der Waals surface area contributed by atoms with Gasteiger partial charge in [-0.2, -0.15) is 0 Å². The predicted octanol–water partition coefficient (Wildman–Crippen LogP) is 2.33. The molecule has 0 saturated heterocycles. The van der Waals surface area contributed by atoms with Crippen LogP contribution in [0.2, 0.25) is 0 Å². The summed E-state index contributed by atoms with van der Waals surface area (Å²) in [6.07, 6.45) is 1.56. The Balaban J connectivity index is 2.26. The highest BCUT2D eigenvalue weighted by atomic mass is 16.5. The molecule has 0 amide bonds. The monoisotopic (exact) mass is 204 g/mol. The summed E-state index contributed by atoms with van der Waals surface area (Å²) in [5.74, 6) is 0.877. The van der Waals surface area contributed by atoms with Crippen molar-refractivity contribution in [2.75, 3.05) is 0 Å². The Bertz CT molecular complexity index is 421. The minimum atomic E-state index is -0.269. The van der Waals surface area contributed by atoms with Crippen LogP contribution in [0.4, 0.5) is 0 Å². The number of phenols is 1. The van der Waals surface area contributed by atoms with Gasteiger partial charge in [-0.3, -0.25) is 4.79 Å². The molecular formula is C12H12O3. The minimum Gasteiger partial charge on any atom is -0.508 e. The summed E-state index contributed by atoms with van der Waals surface area (Å²) >= 11 is 0. The van der Waals surface area contributed by atoms with Crippen molar-refractivity contribution in [3.8, 4) is 5.75 Å². The first-order chi connectivity index (χ1) is 7.15. The lowest BCUT2D eigenvalue weighted by Crippen LogP contribution is -2.14. The molecule has 1 unspecified atom stereocenters. The molecule has 0 fully saturated rings. The number of ketones is 1. The standard InChI is InChI=1S/C12H12O3/c1-8-5-11(14)7-12(15-8)9-3-2-4-10(13)6-9/h2-6,12-13H,7H2,1H3. The van der Waals surface area contributed by atoms with Gasteiger partial charge in [0.25, 0.3) is 0 Å². The van der Waals surface area contributed by atoms with Gasteiger partial charge in [-0.15, -0.1) is 0 Å². The van der Waals surface area contributed by atoms with Crippen molar-refractivity contribution in [1.29, 1.82) is 0 Å². The topological polar surface area (TPSA) is 46.5 Å². The number of hydrogen-bond donors (Lipinski definition) is 1. The van der Waals surface area contributed by atoms with E-state index in [1.807, 2.05) is 6.07 Å². The van der Waals surface area contributed by atoms with E-state index in [1.54, 1.807) is 25.1 Å². The van der Waals surface area contributed by atoms with Crippen LogP contribution in [0.1, 0.15) is 25.0 Å². The number of carbonyl (C=O) groups excluding carboxylic acids is 1. The van der Waals surface area contributed by atoms with Gasteiger partial charge in [0, 0.05) is 6.08 Å². The zero-order valence-electron chi connectivity index (χ0n) is 8.43. The molecule has 1 aliphatic rings. The van der Waals surface area contributed by atoms with E-state index in [1.165, 1.54) is 6.08 Å². The second-order valence-electron chi connectivity index (χ2n) is 3.63. The molecule has 15 heavy (non-hydrogen) atoms. The van der Waals surface area contributed by atoms with Crippen LogP contribution in [0.25, 0.3) is 0 Å². The van der Waals surface area contributed by atoms with E-state index in [0.717, 1.165) is 5.56 Å². The van der Waals surface area contributed by atoms with Crippen molar-refractivity contribution in [2.24, 2.45) is 0 Å². The summed E-state index contributed by atoms with van der Waals surface area (Å²) in [4.78, 5) is 11.3. The SMILES string of the molecule is CC1=CC(=O)CC(c2cccc(O)c2)O1. The van der Waals surface area contributed by atoms with Gasteiger partial charge < -0.3 is 9.84 Å². The summed E-state index contributed by atoms with van der Waals surface area (Å²) < 4.78 is 5.53. The summed E-state index contributed by atoms with van der Waals surface area (Å²) in [6.45, 7) is 1.76. The van der Waals surface area contributed by atoms with Gasteiger partial charge in [-0.25, -0.2) is 0 Å². The Hall–Kier alpha value is -1.77. The second kappa shape index (κ2) is 3.77. The quantitative estimate of drug-likeness (QED) is 0.763. The van der Waals surface area contributed by atoms with E-state index < -0.39 is 0 Å². The van der Waals surface area contributed by atoms with Crippen molar-refractivity contribution in [3.05, 3.63) is 41.7 Å². The van der Waals surface area contributed by atoms with Crippen LogP contribution < -0.4 is 0 Å². The predicted molar refractivity (Wildman–Crippen MR) is 55.3 cm³/mol. The first-order valence-electron chi connectivity index (χ1n) is 4.82. The highest BCUT2D eigenvalue weighted by Crippen LogP contribution is 2.29. The van der Waals surface area contributed by atoms with E-state index in [2.05, 4.69) is 0 Å². The second-order valence-corrected chi connectivity index (χ2v) is 3.63. The fourth-order valence-corrected chi connectivity index (χ4v) is 1.68. The van der Waals surface area contributed by atoms with Crippen LogP contribution >= 0.6 is 0 Å². The molecule has 3 nitrogen and oxygen atoms in total. The Morgan fingerprint density at radius 1 is 1.47 bits per heavy atom. The molecule has 0 bridgehead atoms. The van der Waals surface area contributed by atoms with Crippen molar-refractivity contribution in [2.45, 2.75) is 19.4 Å². The van der Waals surface area contributed by atoms with Gasteiger partial charge in [0.1, 0.15) is 11.9 Å². The smallest absolute Gasteiger partial charge is 0.163 e. The Morgan fingerprint density at radius 3 is 2.93 bits per heavy atom. The molecule has 1 aromatic rings. The molecule has 0 spiro atoms. The highest BCUT2D eigenvalue weighted by Gasteiger charge is 2.21. The molecule has 1 N–H and O–H groups in total. The number of aromatic hydroxyl groups is 1. The maximum absolute atomic E-state index is 11.3. The van der Waals surface area contributed by atoms with Gasteiger partial charge in [0.15, 0.2) is 5.78 Å². The Kier molecular flexibility index (Phi) is 2.46. The Morgan fingerprint density at radius 2 is 2.27 bits per heavy atom. The number of ether oxygens (including phenoxy) is 1. The normalized spacial score (nSPS) is 20.7. The van der Waals surface area contributed by atoms with Crippen LogP contribution in [0.5, 0.6) is 5.75 Å². The van der Waals surface area contributed by atoms with Gasteiger partial charge in [0.2, 0.25) is 0 Å². The maximum Gasteiger partial charge on any atom is 0.163 e. The molecule has 1 atom stereocenters. The zero-order valence-corrected chi connectivity index (χ0v) is 8.43. The molecular weight excluding hydrogens is 192 g/mol. The molecule has 1 heterocycles. The third kappa shape index (κ3) is 2.18. The van der Waals surface area contributed by atoms with E-state index in [-0.39, 0.29) is 17.6 Å². The molecule has 0 radical (unpaired) electrons. The number of benzene rings is 1. The van der Waals surface area contributed by atoms with Gasteiger partial charge >= 0.3 is 0 Å².